The van der Waals surface area contributed by atoms with Crippen LogP contribution < -0.4 is 16.0 Å². The third kappa shape index (κ3) is 3.46. The Morgan fingerprint density at radius 1 is 1.38 bits per heavy atom. The van der Waals surface area contributed by atoms with Crippen LogP contribution in [0.5, 0.6) is 0 Å². The fourth-order valence-corrected chi connectivity index (χ4v) is 2.63. The smallest absolute Gasteiger partial charge is 0.228 e. The fourth-order valence-electron chi connectivity index (χ4n) is 2.63. The molecule has 0 saturated carbocycles. The van der Waals surface area contributed by atoms with Crippen molar-refractivity contribution < 1.29 is 14.3 Å². The molecular formula is C15H23N3O3. The van der Waals surface area contributed by atoms with Crippen LogP contribution in [0.3, 0.4) is 0 Å². The van der Waals surface area contributed by atoms with Crippen molar-refractivity contribution in [1.29, 1.82) is 0 Å². The summed E-state index contributed by atoms with van der Waals surface area (Å²) in [7, 11) is 3.35. The predicted molar refractivity (Wildman–Crippen MR) is 83.7 cm³/mol. The number of carbonyl (C=O) groups excluding carboxylic acids is 1. The first-order valence-electron chi connectivity index (χ1n) is 7.03. The van der Waals surface area contributed by atoms with E-state index in [1.54, 1.807) is 14.2 Å². The Morgan fingerprint density at radius 2 is 2.14 bits per heavy atom. The number of nitrogen functional groups attached to an aromatic ring is 1. The van der Waals surface area contributed by atoms with Gasteiger partial charge in [-0.15, -0.1) is 0 Å². The van der Waals surface area contributed by atoms with E-state index in [1.165, 1.54) is 0 Å². The van der Waals surface area contributed by atoms with Crippen LogP contribution in [0.2, 0.25) is 0 Å². The number of nitrogens with zero attached hydrogens (tertiary/aromatic N) is 1. The highest BCUT2D eigenvalue weighted by molar-refractivity contribution is 6.00. The second-order valence-corrected chi connectivity index (χ2v) is 5.28. The summed E-state index contributed by atoms with van der Waals surface area (Å²) in [5.74, 6) is 0.00920. The molecule has 1 amide bonds. The third-order valence-corrected chi connectivity index (χ3v) is 3.66. The molecule has 6 nitrogen and oxygen atoms in total. The van der Waals surface area contributed by atoms with Crippen molar-refractivity contribution in [1.82, 2.24) is 0 Å². The van der Waals surface area contributed by atoms with Gasteiger partial charge in [0.1, 0.15) is 0 Å². The lowest BCUT2D eigenvalue weighted by Crippen LogP contribution is -2.39. The molecule has 0 fully saturated rings. The standard InChI is InChI=1S/C15H23N3O3/c1-10(9-21-3)18(4-5-20-2)14-8-13-11(6-12(14)16)7-15(19)17-13/h6,8,10H,4-5,7,9,16H2,1-3H3,(H,17,19). The molecule has 1 heterocycles. The van der Waals surface area contributed by atoms with Gasteiger partial charge in [0.25, 0.3) is 0 Å². The minimum Gasteiger partial charge on any atom is -0.397 e. The van der Waals surface area contributed by atoms with Gasteiger partial charge in [0, 0.05) is 32.5 Å². The molecule has 1 atom stereocenters. The normalized spacial score (nSPS) is 14.7. The Bertz CT molecular complexity index is 519. The largest absolute Gasteiger partial charge is 0.397 e. The minimum atomic E-state index is 0.00920. The summed E-state index contributed by atoms with van der Waals surface area (Å²) in [6.07, 6.45) is 0.394. The van der Waals surface area contributed by atoms with E-state index in [0.29, 0.717) is 31.9 Å². The number of nitrogens with two attached hydrogens (primary N) is 1. The molecule has 0 aromatic heterocycles. The zero-order valence-electron chi connectivity index (χ0n) is 12.8. The second-order valence-electron chi connectivity index (χ2n) is 5.28. The Hall–Kier alpha value is -1.79. The van der Waals surface area contributed by atoms with E-state index >= 15 is 0 Å². The van der Waals surface area contributed by atoms with Crippen molar-refractivity contribution >= 4 is 23.0 Å². The number of ether oxygens (including phenoxy) is 2. The molecule has 0 bridgehead atoms. The van der Waals surface area contributed by atoms with E-state index in [9.17, 15) is 4.79 Å². The maximum absolute atomic E-state index is 11.5. The van der Waals surface area contributed by atoms with Crippen LogP contribution in [0.15, 0.2) is 12.1 Å². The lowest BCUT2D eigenvalue weighted by Gasteiger charge is -2.32. The number of carbonyl (C=O) groups is 1. The van der Waals surface area contributed by atoms with E-state index in [-0.39, 0.29) is 11.9 Å². The van der Waals surface area contributed by atoms with Gasteiger partial charge >= 0.3 is 0 Å². The third-order valence-electron chi connectivity index (χ3n) is 3.66. The molecule has 21 heavy (non-hydrogen) atoms. The Kier molecular flexibility index (Phi) is 5.03. The van der Waals surface area contributed by atoms with Crippen LogP contribution in [-0.2, 0) is 20.7 Å². The van der Waals surface area contributed by atoms with E-state index in [4.69, 9.17) is 15.2 Å². The van der Waals surface area contributed by atoms with Gasteiger partial charge in [-0.2, -0.15) is 0 Å². The van der Waals surface area contributed by atoms with Crippen LogP contribution >= 0.6 is 0 Å². The van der Waals surface area contributed by atoms with Crippen molar-refractivity contribution in [2.24, 2.45) is 0 Å². The zero-order valence-corrected chi connectivity index (χ0v) is 12.8. The molecule has 1 aliphatic rings. The quantitative estimate of drug-likeness (QED) is 0.740. The SMILES string of the molecule is COCCN(c1cc2c(cc1N)CC(=O)N2)C(C)COC. The topological polar surface area (TPSA) is 76.8 Å². The van der Waals surface area contributed by atoms with Crippen molar-refractivity contribution in [3.63, 3.8) is 0 Å². The first kappa shape index (κ1) is 15.6. The van der Waals surface area contributed by atoms with Crippen molar-refractivity contribution in [2.45, 2.75) is 19.4 Å². The molecular weight excluding hydrogens is 270 g/mol. The highest BCUT2D eigenvalue weighted by atomic mass is 16.5. The predicted octanol–water partition coefficient (Wildman–Crippen LogP) is 1.25. The molecule has 2 rings (SSSR count). The second kappa shape index (κ2) is 6.78. The molecule has 0 saturated heterocycles. The fraction of sp³-hybridized carbons (Fsp3) is 0.533. The number of benzene rings is 1. The Balaban J connectivity index is 2.31. The van der Waals surface area contributed by atoms with Crippen LogP contribution in [0.4, 0.5) is 17.1 Å². The van der Waals surface area contributed by atoms with E-state index in [1.807, 2.05) is 12.1 Å². The molecule has 0 aliphatic carbocycles. The van der Waals surface area contributed by atoms with Crippen molar-refractivity contribution in [3.8, 4) is 0 Å². The number of methoxy groups -OCH3 is 2. The van der Waals surface area contributed by atoms with E-state index in [2.05, 4.69) is 17.1 Å². The van der Waals surface area contributed by atoms with E-state index in [0.717, 1.165) is 16.9 Å². The van der Waals surface area contributed by atoms with E-state index < -0.39 is 0 Å². The number of rotatable bonds is 7. The molecule has 0 radical (unpaired) electrons. The van der Waals surface area contributed by atoms with Crippen LogP contribution in [0, 0.1) is 0 Å². The maximum atomic E-state index is 11.5. The molecule has 6 heteroatoms. The number of amides is 1. The summed E-state index contributed by atoms with van der Waals surface area (Å²) in [5, 5.41) is 2.86. The number of anilines is 3. The van der Waals surface area contributed by atoms with Crippen LogP contribution in [-0.4, -0.2) is 45.9 Å². The van der Waals surface area contributed by atoms with Gasteiger partial charge < -0.3 is 25.4 Å². The minimum absolute atomic E-state index is 0.00920. The molecule has 1 aliphatic heterocycles. The summed E-state index contributed by atoms with van der Waals surface area (Å²) in [4.78, 5) is 13.6. The summed E-state index contributed by atoms with van der Waals surface area (Å²) < 4.78 is 10.4. The average Bonchev–Trinajstić information content (AvgIpc) is 2.78. The summed E-state index contributed by atoms with van der Waals surface area (Å²) in [6.45, 7) is 3.96. The number of nitrogens with one attached hydrogen (secondary N) is 1. The summed E-state index contributed by atoms with van der Waals surface area (Å²) in [5.41, 5.74) is 9.55. The van der Waals surface area contributed by atoms with Gasteiger partial charge in [-0.1, -0.05) is 0 Å². The highest BCUT2D eigenvalue weighted by Gasteiger charge is 2.23. The summed E-state index contributed by atoms with van der Waals surface area (Å²) in [6, 6.07) is 3.97. The van der Waals surface area contributed by atoms with Gasteiger partial charge in [-0.25, -0.2) is 0 Å². The first-order valence-corrected chi connectivity index (χ1v) is 7.03. The first-order chi connectivity index (χ1) is 10.1. The molecule has 1 aromatic rings. The molecule has 1 unspecified atom stereocenters. The van der Waals surface area contributed by atoms with Crippen molar-refractivity contribution in [2.75, 3.05) is 49.9 Å². The van der Waals surface area contributed by atoms with Crippen LogP contribution in [0.25, 0.3) is 0 Å². The molecule has 1 aromatic carbocycles. The highest BCUT2D eigenvalue weighted by Crippen LogP contribution is 2.34. The maximum Gasteiger partial charge on any atom is 0.228 e. The Morgan fingerprint density at radius 3 is 2.81 bits per heavy atom. The number of hydrogen-bond donors (Lipinski definition) is 2. The van der Waals surface area contributed by atoms with Crippen molar-refractivity contribution in [3.05, 3.63) is 17.7 Å². The van der Waals surface area contributed by atoms with Gasteiger partial charge in [-0.3, -0.25) is 4.79 Å². The summed E-state index contributed by atoms with van der Waals surface area (Å²) >= 11 is 0. The van der Waals surface area contributed by atoms with Gasteiger partial charge in [0.2, 0.25) is 5.91 Å². The molecule has 3 N–H and O–H groups in total. The van der Waals surface area contributed by atoms with Gasteiger partial charge in [0.15, 0.2) is 0 Å². The van der Waals surface area contributed by atoms with Gasteiger partial charge in [0.05, 0.1) is 31.0 Å². The van der Waals surface area contributed by atoms with Crippen LogP contribution in [0.1, 0.15) is 12.5 Å². The number of fused-ring (bicyclic) bond motifs is 1. The molecule has 0 spiro atoms. The molecule has 116 valence electrons. The monoisotopic (exact) mass is 293 g/mol. The average molecular weight is 293 g/mol. The van der Waals surface area contributed by atoms with Gasteiger partial charge in [-0.05, 0) is 24.6 Å². The lowest BCUT2D eigenvalue weighted by molar-refractivity contribution is -0.115. The number of hydrogen-bond acceptors (Lipinski definition) is 5. The Labute approximate surface area is 125 Å². The zero-order chi connectivity index (χ0) is 15.4. The lowest BCUT2D eigenvalue weighted by atomic mass is 10.1.